The molecule has 1 N–H and O–H groups in total. The van der Waals surface area contributed by atoms with Crippen LogP contribution in [0, 0.1) is 6.92 Å². The van der Waals surface area contributed by atoms with Gasteiger partial charge in [0.25, 0.3) is 11.5 Å². The molecule has 1 aliphatic rings. The summed E-state index contributed by atoms with van der Waals surface area (Å²) in [6.07, 6.45) is 2.12. The number of hydrogen-bond acceptors (Lipinski definition) is 5. The fourth-order valence-corrected chi connectivity index (χ4v) is 4.00. The van der Waals surface area contributed by atoms with Crippen LogP contribution >= 0.6 is 0 Å². The van der Waals surface area contributed by atoms with Crippen molar-refractivity contribution in [3.8, 4) is 11.4 Å². The van der Waals surface area contributed by atoms with Crippen LogP contribution in [-0.2, 0) is 34.2 Å². The molecule has 0 bridgehead atoms. The van der Waals surface area contributed by atoms with Gasteiger partial charge in [-0.25, -0.2) is 9.48 Å². The first-order valence-electron chi connectivity index (χ1n) is 10.9. The largest absolute Gasteiger partial charge is 0.482 e. The molecule has 1 aliphatic carbocycles. The zero-order chi connectivity index (χ0) is 23.5. The summed E-state index contributed by atoms with van der Waals surface area (Å²) in [5, 5.41) is 2.61. The minimum atomic E-state index is -1.09. The molecule has 8 nitrogen and oxygen atoms in total. The van der Waals surface area contributed by atoms with Crippen LogP contribution < -0.4 is 15.6 Å². The highest BCUT2D eigenvalue weighted by molar-refractivity contribution is 5.95. The first-order valence-corrected chi connectivity index (χ1v) is 10.9. The Labute approximate surface area is 191 Å². The zero-order valence-corrected chi connectivity index (χ0v) is 19.0. The molecule has 0 spiro atoms. The molecule has 33 heavy (non-hydrogen) atoms. The fourth-order valence-electron chi connectivity index (χ4n) is 4.00. The van der Waals surface area contributed by atoms with Gasteiger partial charge in [0.1, 0.15) is 11.4 Å². The number of hydrogen-bond donors (Lipinski definition) is 1. The molecule has 1 heterocycles. The smallest absolute Gasteiger partial charge is 0.344 e. The summed E-state index contributed by atoms with van der Waals surface area (Å²) >= 11 is 0. The van der Waals surface area contributed by atoms with Gasteiger partial charge in [-0.1, -0.05) is 24.3 Å². The number of ether oxygens (including phenoxy) is 2. The number of esters is 1. The third-order valence-electron chi connectivity index (χ3n) is 5.91. The van der Waals surface area contributed by atoms with Gasteiger partial charge in [-0.2, -0.15) is 0 Å². The Morgan fingerprint density at radius 1 is 1.09 bits per heavy atom. The van der Waals surface area contributed by atoms with Crippen LogP contribution in [0.2, 0.25) is 0 Å². The average molecular weight is 450 g/mol. The number of carbonyl (C=O) groups excluding carboxylic acids is 2. The van der Waals surface area contributed by atoms with E-state index in [1.165, 1.54) is 22.7 Å². The van der Waals surface area contributed by atoms with Gasteiger partial charge in [-0.05, 0) is 68.5 Å². The SMILES string of the molecule is Cc1c(NC(=O)[C@H](C)OC(=O)COc2ccc3c(c2)CCC3)c(=O)n(-c2ccccc2)n1C. The summed E-state index contributed by atoms with van der Waals surface area (Å²) in [4.78, 5) is 37.8. The first-order chi connectivity index (χ1) is 15.8. The topological polar surface area (TPSA) is 91.6 Å². The third kappa shape index (κ3) is 4.69. The van der Waals surface area contributed by atoms with E-state index in [0.29, 0.717) is 17.1 Å². The third-order valence-corrected chi connectivity index (χ3v) is 5.91. The monoisotopic (exact) mass is 449 g/mol. The minimum Gasteiger partial charge on any atom is -0.482 e. The van der Waals surface area contributed by atoms with Crippen molar-refractivity contribution in [3.63, 3.8) is 0 Å². The number of nitrogens with one attached hydrogen (secondary N) is 1. The number of rotatable bonds is 7. The lowest BCUT2D eigenvalue weighted by Gasteiger charge is -2.13. The lowest BCUT2D eigenvalue weighted by Crippen LogP contribution is -2.33. The maximum atomic E-state index is 12.9. The van der Waals surface area contributed by atoms with E-state index in [1.54, 1.807) is 30.8 Å². The average Bonchev–Trinajstić information content (AvgIpc) is 3.36. The van der Waals surface area contributed by atoms with Gasteiger partial charge < -0.3 is 14.8 Å². The van der Waals surface area contributed by atoms with Crippen LogP contribution in [0.15, 0.2) is 53.3 Å². The van der Waals surface area contributed by atoms with Crippen LogP contribution in [0.5, 0.6) is 5.75 Å². The number of para-hydroxylation sites is 1. The summed E-state index contributed by atoms with van der Waals surface area (Å²) in [6.45, 7) is 2.88. The Morgan fingerprint density at radius 3 is 2.58 bits per heavy atom. The molecule has 0 saturated carbocycles. The van der Waals surface area contributed by atoms with E-state index in [-0.39, 0.29) is 17.9 Å². The number of aryl methyl sites for hydroxylation is 2. The van der Waals surface area contributed by atoms with Crippen molar-refractivity contribution < 1.29 is 19.1 Å². The van der Waals surface area contributed by atoms with Crippen molar-refractivity contribution in [2.45, 2.75) is 39.2 Å². The van der Waals surface area contributed by atoms with E-state index < -0.39 is 18.0 Å². The highest BCUT2D eigenvalue weighted by atomic mass is 16.6. The maximum Gasteiger partial charge on any atom is 0.344 e. The van der Waals surface area contributed by atoms with Crippen LogP contribution in [0.4, 0.5) is 5.69 Å². The molecule has 0 fully saturated rings. The van der Waals surface area contributed by atoms with E-state index in [1.807, 2.05) is 36.4 Å². The number of aromatic nitrogens is 2. The normalized spacial score (nSPS) is 13.3. The maximum absolute atomic E-state index is 12.9. The van der Waals surface area contributed by atoms with Crippen molar-refractivity contribution in [2.24, 2.45) is 7.05 Å². The molecule has 3 aromatic rings. The summed E-state index contributed by atoms with van der Waals surface area (Å²) in [5.74, 6) is -0.650. The zero-order valence-electron chi connectivity index (χ0n) is 19.0. The number of amides is 1. The molecule has 8 heteroatoms. The van der Waals surface area contributed by atoms with Gasteiger partial charge in [0.05, 0.1) is 11.4 Å². The molecule has 0 radical (unpaired) electrons. The number of benzene rings is 2. The van der Waals surface area contributed by atoms with Crippen LogP contribution in [0.1, 0.15) is 30.2 Å². The molecular formula is C25H27N3O5. The van der Waals surface area contributed by atoms with Gasteiger partial charge in [0, 0.05) is 7.05 Å². The lowest BCUT2D eigenvalue weighted by molar-refractivity contribution is -0.155. The molecule has 1 amide bonds. The highest BCUT2D eigenvalue weighted by Gasteiger charge is 2.23. The van der Waals surface area contributed by atoms with Gasteiger partial charge in [-0.15, -0.1) is 0 Å². The number of anilines is 1. The van der Waals surface area contributed by atoms with Crippen molar-refractivity contribution >= 4 is 17.6 Å². The first kappa shape index (κ1) is 22.4. The summed E-state index contributed by atoms with van der Waals surface area (Å²) < 4.78 is 13.9. The minimum absolute atomic E-state index is 0.142. The van der Waals surface area contributed by atoms with Gasteiger partial charge in [-0.3, -0.25) is 14.3 Å². The molecular weight excluding hydrogens is 422 g/mol. The molecule has 1 atom stereocenters. The number of nitrogens with zero attached hydrogens (tertiary/aromatic N) is 2. The molecule has 4 rings (SSSR count). The highest BCUT2D eigenvalue weighted by Crippen LogP contribution is 2.26. The van der Waals surface area contributed by atoms with E-state index in [9.17, 15) is 14.4 Å². The second kappa shape index (κ2) is 9.36. The molecule has 0 aliphatic heterocycles. The molecule has 0 unspecified atom stereocenters. The predicted molar refractivity (Wildman–Crippen MR) is 124 cm³/mol. The molecule has 2 aromatic carbocycles. The van der Waals surface area contributed by atoms with Gasteiger partial charge in [0.15, 0.2) is 12.7 Å². The Morgan fingerprint density at radius 2 is 1.82 bits per heavy atom. The second-order valence-electron chi connectivity index (χ2n) is 8.13. The molecule has 172 valence electrons. The second-order valence-corrected chi connectivity index (χ2v) is 8.13. The summed E-state index contributed by atoms with van der Waals surface area (Å²) in [5.41, 5.74) is 3.59. The van der Waals surface area contributed by atoms with Crippen LogP contribution in [-0.4, -0.2) is 34.0 Å². The number of fused-ring (bicyclic) bond motifs is 1. The number of carbonyl (C=O) groups is 2. The van der Waals surface area contributed by atoms with Crippen LogP contribution in [0.3, 0.4) is 0 Å². The van der Waals surface area contributed by atoms with Crippen LogP contribution in [0.25, 0.3) is 5.69 Å². The standard InChI is InChI=1S/C25H27N3O5/c1-16-23(25(31)28(27(16)3)20-10-5-4-6-11-20)26-24(30)17(2)33-22(29)15-32-21-13-12-18-8-7-9-19(18)14-21/h4-6,10-14,17H,7-9,15H2,1-3H3,(H,26,30)/t17-/m0/s1. The van der Waals surface area contributed by atoms with Crippen molar-refractivity contribution in [3.05, 3.63) is 75.7 Å². The Bertz CT molecular complexity index is 1240. The van der Waals surface area contributed by atoms with E-state index in [2.05, 4.69) is 5.32 Å². The summed E-state index contributed by atoms with van der Waals surface area (Å²) in [7, 11) is 1.74. The molecule has 0 saturated heterocycles. The quantitative estimate of drug-likeness (QED) is 0.560. The fraction of sp³-hybridized carbons (Fsp3) is 0.320. The Balaban J connectivity index is 1.37. The predicted octanol–water partition coefficient (Wildman–Crippen LogP) is 2.92. The molecule has 1 aromatic heterocycles. The Kier molecular flexibility index (Phi) is 6.35. The van der Waals surface area contributed by atoms with Crippen molar-refractivity contribution in [2.75, 3.05) is 11.9 Å². The lowest BCUT2D eigenvalue weighted by atomic mass is 10.1. The van der Waals surface area contributed by atoms with Crippen molar-refractivity contribution in [1.82, 2.24) is 9.36 Å². The van der Waals surface area contributed by atoms with Crippen molar-refractivity contribution in [1.29, 1.82) is 0 Å². The Hall–Kier alpha value is -3.81. The van der Waals surface area contributed by atoms with Gasteiger partial charge in [0.2, 0.25) is 0 Å². The summed E-state index contributed by atoms with van der Waals surface area (Å²) in [6, 6.07) is 14.9. The van der Waals surface area contributed by atoms with Gasteiger partial charge >= 0.3 is 5.97 Å². The van der Waals surface area contributed by atoms with E-state index in [4.69, 9.17) is 9.47 Å². The van der Waals surface area contributed by atoms with E-state index in [0.717, 1.165) is 19.3 Å². The van der Waals surface area contributed by atoms with E-state index >= 15 is 0 Å².